The number of aryl methyl sites for hydroxylation is 1. The molecule has 2 rings (SSSR count). The molecule has 1 heterocycles. The zero-order valence-electron chi connectivity index (χ0n) is 9.98. The van der Waals surface area contributed by atoms with Crippen LogP contribution >= 0.6 is 12.2 Å². The molecule has 0 spiro atoms. The van der Waals surface area contributed by atoms with E-state index in [1.807, 2.05) is 25.1 Å². The van der Waals surface area contributed by atoms with Gasteiger partial charge >= 0.3 is 5.97 Å². The Hall–Kier alpha value is -1.62. The number of aromatic amines is 1. The molecule has 1 aromatic carbocycles. The predicted octanol–water partition coefficient (Wildman–Crippen LogP) is 2.74. The lowest BCUT2D eigenvalue weighted by Gasteiger charge is -2.11. The third kappa shape index (κ3) is 1.86. The highest BCUT2D eigenvalue weighted by Crippen LogP contribution is 2.22. The number of esters is 1. The number of ether oxygens (including phenoxy) is 1. The van der Waals surface area contributed by atoms with Crippen LogP contribution in [-0.4, -0.2) is 22.6 Å². The van der Waals surface area contributed by atoms with Crippen LogP contribution in [0.2, 0.25) is 0 Å². The first-order chi connectivity index (χ1) is 8.06. The maximum Gasteiger partial charge on any atom is 0.328 e. The smallest absolute Gasteiger partial charge is 0.328 e. The van der Waals surface area contributed by atoms with E-state index in [0.29, 0.717) is 4.77 Å². The molecule has 2 aromatic rings. The minimum atomic E-state index is -0.428. The van der Waals surface area contributed by atoms with Crippen molar-refractivity contribution in [3.05, 3.63) is 28.5 Å². The number of nitrogens with zero attached hydrogens (tertiary/aromatic N) is 1. The Morgan fingerprint density at radius 1 is 1.53 bits per heavy atom. The summed E-state index contributed by atoms with van der Waals surface area (Å²) in [5.41, 5.74) is 2.99. The SMILES string of the molecule is COC(=O)C(C)n1c(=S)[nH]c2c(C)cccc21. The van der Waals surface area contributed by atoms with Crippen molar-refractivity contribution in [2.45, 2.75) is 19.9 Å². The number of hydrogen-bond donors (Lipinski definition) is 1. The summed E-state index contributed by atoms with van der Waals surface area (Å²) in [6, 6.07) is 5.46. The van der Waals surface area contributed by atoms with Gasteiger partial charge in [-0.15, -0.1) is 0 Å². The van der Waals surface area contributed by atoms with E-state index in [2.05, 4.69) is 4.98 Å². The summed E-state index contributed by atoms with van der Waals surface area (Å²) in [4.78, 5) is 14.7. The van der Waals surface area contributed by atoms with Gasteiger partial charge in [-0.05, 0) is 37.7 Å². The number of nitrogens with one attached hydrogen (secondary N) is 1. The Morgan fingerprint density at radius 2 is 2.24 bits per heavy atom. The van der Waals surface area contributed by atoms with Crippen LogP contribution in [0.5, 0.6) is 0 Å². The molecule has 1 N–H and O–H groups in total. The molecule has 1 aromatic heterocycles. The van der Waals surface area contributed by atoms with E-state index >= 15 is 0 Å². The molecule has 1 atom stereocenters. The van der Waals surface area contributed by atoms with Crippen molar-refractivity contribution >= 4 is 29.2 Å². The molecule has 17 heavy (non-hydrogen) atoms. The standard InChI is InChI=1S/C12H14N2O2S/c1-7-5-4-6-9-10(7)13-12(17)14(9)8(2)11(15)16-3/h4-6,8H,1-3H3,(H,13,17). The van der Waals surface area contributed by atoms with E-state index in [4.69, 9.17) is 17.0 Å². The van der Waals surface area contributed by atoms with Crippen LogP contribution in [0.1, 0.15) is 18.5 Å². The van der Waals surface area contributed by atoms with Gasteiger partial charge in [0, 0.05) is 0 Å². The van der Waals surface area contributed by atoms with Crippen molar-refractivity contribution in [1.29, 1.82) is 0 Å². The maximum absolute atomic E-state index is 11.6. The number of fused-ring (bicyclic) bond motifs is 1. The second kappa shape index (κ2) is 4.33. The highest BCUT2D eigenvalue weighted by molar-refractivity contribution is 7.71. The summed E-state index contributed by atoms with van der Waals surface area (Å²) >= 11 is 5.26. The molecule has 0 aliphatic rings. The maximum atomic E-state index is 11.6. The molecule has 0 fully saturated rings. The number of H-pyrrole nitrogens is 1. The Morgan fingerprint density at radius 3 is 2.88 bits per heavy atom. The van der Waals surface area contributed by atoms with Gasteiger partial charge in [0.05, 0.1) is 18.1 Å². The number of rotatable bonds is 2. The summed E-state index contributed by atoms with van der Waals surface area (Å²) in [7, 11) is 1.38. The van der Waals surface area contributed by atoms with E-state index in [0.717, 1.165) is 16.6 Å². The third-order valence-corrected chi connectivity index (χ3v) is 3.19. The molecule has 90 valence electrons. The molecular weight excluding hydrogens is 236 g/mol. The van der Waals surface area contributed by atoms with E-state index in [9.17, 15) is 4.79 Å². The van der Waals surface area contributed by atoms with Gasteiger partial charge in [-0.1, -0.05) is 12.1 Å². The number of carbonyl (C=O) groups excluding carboxylic acids is 1. The van der Waals surface area contributed by atoms with Crippen LogP contribution in [-0.2, 0) is 9.53 Å². The van der Waals surface area contributed by atoms with E-state index in [1.54, 1.807) is 11.5 Å². The summed E-state index contributed by atoms with van der Waals surface area (Å²) in [5, 5.41) is 0. The summed E-state index contributed by atoms with van der Waals surface area (Å²) in [6.45, 7) is 3.78. The Bertz CT molecular complexity index is 627. The number of imidazole rings is 1. The Balaban J connectivity index is 2.70. The molecular formula is C12H14N2O2S. The van der Waals surface area contributed by atoms with Gasteiger partial charge in [0.2, 0.25) is 0 Å². The van der Waals surface area contributed by atoms with E-state index < -0.39 is 6.04 Å². The number of carbonyl (C=O) groups is 1. The number of aromatic nitrogens is 2. The zero-order chi connectivity index (χ0) is 12.6. The Labute approximate surface area is 104 Å². The fourth-order valence-electron chi connectivity index (χ4n) is 1.95. The highest BCUT2D eigenvalue weighted by Gasteiger charge is 2.19. The normalized spacial score (nSPS) is 12.6. The number of benzene rings is 1. The molecule has 0 aliphatic carbocycles. The molecule has 0 amide bonds. The van der Waals surface area contributed by atoms with Crippen LogP contribution in [0.3, 0.4) is 0 Å². The average Bonchev–Trinajstić information content (AvgIpc) is 2.65. The lowest BCUT2D eigenvalue weighted by molar-refractivity contribution is -0.143. The number of methoxy groups -OCH3 is 1. The topological polar surface area (TPSA) is 47.0 Å². The van der Waals surface area contributed by atoms with Crippen molar-refractivity contribution in [2.24, 2.45) is 0 Å². The second-order valence-electron chi connectivity index (χ2n) is 3.97. The van der Waals surface area contributed by atoms with Gasteiger partial charge in [0.1, 0.15) is 6.04 Å². The first-order valence-electron chi connectivity index (χ1n) is 5.34. The molecule has 1 unspecified atom stereocenters. The fourth-order valence-corrected chi connectivity index (χ4v) is 2.31. The monoisotopic (exact) mass is 250 g/mol. The first kappa shape index (κ1) is 11.9. The van der Waals surface area contributed by atoms with Crippen LogP contribution in [0.25, 0.3) is 11.0 Å². The van der Waals surface area contributed by atoms with Crippen LogP contribution in [0, 0.1) is 11.7 Å². The van der Waals surface area contributed by atoms with E-state index in [1.165, 1.54) is 7.11 Å². The zero-order valence-corrected chi connectivity index (χ0v) is 10.8. The molecule has 5 heteroatoms. The fraction of sp³-hybridized carbons (Fsp3) is 0.333. The minimum absolute atomic E-state index is 0.302. The molecule has 0 bridgehead atoms. The second-order valence-corrected chi connectivity index (χ2v) is 4.36. The van der Waals surface area contributed by atoms with Crippen LogP contribution < -0.4 is 0 Å². The quantitative estimate of drug-likeness (QED) is 0.658. The molecule has 4 nitrogen and oxygen atoms in total. The predicted molar refractivity (Wildman–Crippen MR) is 68.6 cm³/mol. The van der Waals surface area contributed by atoms with Crippen LogP contribution in [0.15, 0.2) is 18.2 Å². The van der Waals surface area contributed by atoms with Crippen molar-refractivity contribution < 1.29 is 9.53 Å². The van der Waals surface area contributed by atoms with Crippen molar-refractivity contribution in [1.82, 2.24) is 9.55 Å². The van der Waals surface area contributed by atoms with Gasteiger partial charge in [-0.2, -0.15) is 0 Å². The van der Waals surface area contributed by atoms with Crippen molar-refractivity contribution in [3.63, 3.8) is 0 Å². The van der Waals surface area contributed by atoms with Crippen molar-refractivity contribution in [2.75, 3.05) is 7.11 Å². The van der Waals surface area contributed by atoms with Crippen LogP contribution in [0.4, 0.5) is 0 Å². The average molecular weight is 250 g/mol. The molecule has 0 radical (unpaired) electrons. The molecule has 0 saturated carbocycles. The number of para-hydroxylation sites is 1. The summed E-state index contributed by atoms with van der Waals surface area (Å²) < 4.78 is 7.07. The molecule has 0 saturated heterocycles. The van der Waals surface area contributed by atoms with Gasteiger partial charge in [-0.25, -0.2) is 4.79 Å². The number of hydrogen-bond acceptors (Lipinski definition) is 3. The lowest BCUT2D eigenvalue weighted by atomic mass is 10.2. The lowest BCUT2D eigenvalue weighted by Crippen LogP contribution is -2.17. The van der Waals surface area contributed by atoms with Gasteiger partial charge in [0.25, 0.3) is 0 Å². The summed E-state index contributed by atoms with van der Waals surface area (Å²) in [5.74, 6) is -0.302. The largest absolute Gasteiger partial charge is 0.467 e. The van der Waals surface area contributed by atoms with Gasteiger partial charge in [-0.3, -0.25) is 0 Å². The Kier molecular flexibility index (Phi) is 3.02. The summed E-state index contributed by atoms with van der Waals surface area (Å²) in [6.07, 6.45) is 0. The first-order valence-corrected chi connectivity index (χ1v) is 5.74. The van der Waals surface area contributed by atoms with Gasteiger partial charge < -0.3 is 14.3 Å². The van der Waals surface area contributed by atoms with Gasteiger partial charge in [0.15, 0.2) is 4.77 Å². The third-order valence-electron chi connectivity index (χ3n) is 2.89. The highest BCUT2D eigenvalue weighted by atomic mass is 32.1. The minimum Gasteiger partial charge on any atom is -0.467 e. The van der Waals surface area contributed by atoms with Crippen molar-refractivity contribution in [3.8, 4) is 0 Å². The van der Waals surface area contributed by atoms with E-state index in [-0.39, 0.29) is 5.97 Å². The molecule has 0 aliphatic heterocycles.